The van der Waals surface area contributed by atoms with Gasteiger partial charge >= 0.3 is 0 Å². The van der Waals surface area contributed by atoms with Crippen LogP contribution >= 0.6 is 0 Å². The smallest absolute Gasteiger partial charge is 0.190 e. The summed E-state index contributed by atoms with van der Waals surface area (Å²) in [5.41, 5.74) is 1.83. The standard InChI is InChI=1S/C16H17NO3/c1-10(2)12-4-6-13(7-5-12)17-9-14(16(19)20)15(18)8-11(17)3/h4-10H,1-3H3,(H,19,20)/p-1. The highest BCUT2D eigenvalue weighted by Crippen LogP contribution is 2.17. The second kappa shape index (κ2) is 5.33. The van der Waals surface area contributed by atoms with Crippen LogP contribution in [0.4, 0.5) is 0 Å². The number of aromatic carboxylic acids is 1. The first-order chi connectivity index (χ1) is 9.40. The van der Waals surface area contributed by atoms with E-state index in [-0.39, 0.29) is 5.56 Å². The molecule has 20 heavy (non-hydrogen) atoms. The molecule has 0 bridgehead atoms. The maximum Gasteiger partial charge on any atom is 0.190 e. The number of rotatable bonds is 3. The quantitative estimate of drug-likeness (QED) is 0.851. The van der Waals surface area contributed by atoms with E-state index in [4.69, 9.17) is 0 Å². The van der Waals surface area contributed by atoms with Crippen molar-refractivity contribution in [1.82, 2.24) is 4.57 Å². The number of hydrogen-bond donors (Lipinski definition) is 0. The van der Waals surface area contributed by atoms with E-state index in [2.05, 4.69) is 13.8 Å². The Morgan fingerprint density at radius 2 is 1.80 bits per heavy atom. The molecule has 0 aliphatic rings. The lowest BCUT2D eigenvalue weighted by Crippen LogP contribution is -2.30. The van der Waals surface area contributed by atoms with Crippen molar-refractivity contribution >= 4 is 5.97 Å². The van der Waals surface area contributed by atoms with Crippen LogP contribution in [0, 0.1) is 6.92 Å². The molecule has 104 valence electrons. The molecule has 0 radical (unpaired) electrons. The van der Waals surface area contributed by atoms with Gasteiger partial charge in [0.15, 0.2) is 5.43 Å². The van der Waals surface area contributed by atoms with Crippen LogP contribution in [0.25, 0.3) is 5.69 Å². The Hall–Kier alpha value is -2.36. The van der Waals surface area contributed by atoms with Crippen molar-refractivity contribution in [3.8, 4) is 5.69 Å². The monoisotopic (exact) mass is 270 g/mol. The van der Waals surface area contributed by atoms with Gasteiger partial charge in [-0.2, -0.15) is 0 Å². The summed E-state index contributed by atoms with van der Waals surface area (Å²) in [5, 5.41) is 10.9. The lowest BCUT2D eigenvalue weighted by molar-refractivity contribution is -0.255. The van der Waals surface area contributed by atoms with Gasteiger partial charge in [0, 0.05) is 23.6 Å². The Balaban J connectivity index is 2.54. The fraction of sp³-hybridized carbons (Fsp3) is 0.250. The number of hydrogen-bond acceptors (Lipinski definition) is 3. The summed E-state index contributed by atoms with van der Waals surface area (Å²) >= 11 is 0. The zero-order valence-electron chi connectivity index (χ0n) is 11.7. The first kappa shape index (κ1) is 14.1. The number of carboxylic acid groups (broad SMARTS) is 1. The van der Waals surface area contributed by atoms with E-state index in [0.717, 1.165) is 5.69 Å². The number of carboxylic acids is 1. The maximum atomic E-state index is 11.6. The molecule has 0 amide bonds. The van der Waals surface area contributed by atoms with E-state index in [0.29, 0.717) is 11.6 Å². The molecule has 2 aromatic rings. The largest absolute Gasteiger partial charge is 0.545 e. The lowest BCUT2D eigenvalue weighted by Gasteiger charge is -2.14. The van der Waals surface area contributed by atoms with Crippen LogP contribution in [0.2, 0.25) is 0 Å². The fourth-order valence-corrected chi connectivity index (χ4v) is 2.08. The third kappa shape index (κ3) is 2.64. The number of carbonyl (C=O) groups excluding carboxylic acids is 1. The molecule has 0 aliphatic carbocycles. The van der Waals surface area contributed by atoms with Crippen LogP contribution in [-0.2, 0) is 0 Å². The van der Waals surface area contributed by atoms with Crippen LogP contribution in [0.5, 0.6) is 0 Å². The fourth-order valence-electron chi connectivity index (χ4n) is 2.08. The number of pyridine rings is 1. The van der Waals surface area contributed by atoms with E-state index in [1.54, 1.807) is 11.5 Å². The average Bonchev–Trinajstić information content (AvgIpc) is 2.38. The second-order valence-electron chi connectivity index (χ2n) is 5.10. The van der Waals surface area contributed by atoms with Crippen molar-refractivity contribution in [1.29, 1.82) is 0 Å². The molecular formula is C16H16NO3-. The van der Waals surface area contributed by atoms with E-state index in [9.17, 15) is 14.7 Å². The van der Waals surface area contributed by atoms with E-state index >= 15 is 0 Å². The van der Waals surface area contributed by atoms with Crippen LogP contribution in [0.1, 0.15) is 41.4 Å². The Morgan fingerprint density at radius 3 is 2.30 bits per heavy atom. The molecule has 1 heterocycles. The normalized spacial score (nSPS) is 10.8. The van der Waals surface area contributed by atoms with Gasteiger partial charge in [-0.1, -0.05) is 26.0 Å². The topological polar surface area (TPSA) is 62.1 Å². The van der Waals surface area contributed by atoms with Crippen molar-refractivity contribution in [3.63, 3.8) is 0 Å². The molecule has 0 saturated heterocycles. The zero-order chi connectivity index (χ0) is 14.9. The van der Waals surface area contributed by atoms with Crippen molar-refractivity contribution in [2.45, 2.75) is 26.7 Å². The van der Waals surface area contributed by atoms with E-state index < -0.39 is 11.4 Å². The van der Waals surface area contributed by atoms with Gasteiger partial charge in [0.2, 0.25) is 0 Å². The van der Waals surface area contributed by atoms with Gasteiger partial charge in [-0.25, -0.2) is 0 Å². The molecular weight excluding hydrogens is 254 g/mol. The minimum Gasteiger partial charge on any atom is -0.545 e. The summed E-state index contributed by atoms with van der Waals surface area (Å²) < 4.78 is 1.68. The first-order valence-electron chi connectivity index (χ1n) is 6.45. The molecule has 1 aromatic heterocycles. The van der Waals surface area contributed by atoms with Gasteiger partial charge in [0.1, 0.15) is 0 Å². The third-order valence-corrected chi connectivity index (χ3v) is 3.30. The highest BCUT2D eigenvalue weighted by molar-refractivity contribution is 5.85. The van der Waals surface area contributed by atoms with Gasteiger partial charge in [0.05, 0.1) is 11.5 Å². The minimum absolute atomic E-state index is 0.330. The van der Waals surface area contributed by atoms with Gasteiger partial charge in [-0.3, -0.25) is 4.79 Å². The van der Waals surface area contributed by atoms with Gasteiger partial charge < -0.3 is 14.5 Å². The number of aryl methyl sites for hydroxylation is 1. The predicted octanol–water partition coefficient (Wildman–Crippen LogP) is 1.63. The highest BCUT2D eigenvalue weighted by Gasteiger charge is 2.07. The zero-order valence-corrected chi connectivity index (χ0v) is 11.7. The summed E-state index contributed by atoms with van der Waals surface area (Å²) in [4.78, 5) is 22.5. The lowest BCUT2D eigenvalue weighted by atomic mass is 10.0. The third-order valence-electron chi connectivity index (χ3n) is 3.30. The number of aromatic nitrogens is 1. The predicted molar refractivity (Wildman–Crippen MR) is 75.2 cm³/mol. The second-order valence-corrected chi connectivity index (χ2v) is 5.10. The Bertz CT molecular complexity index is 697. The van der Waals surface area contributed by atoms with Crippen LogP contribution in [0.15, 0.2) is 41.3 Å². The number of carbonyl (C=O) groups is 1. The summed E-state index contributed by atoms with van der Waals surface area (Å²) in [6.45, 7) is 5.97. The Labute approximate surface area is 117 Å². The molecule has 1 aromatic carbocycles. The van der Waals surface area contributed by atoms with Crippen LogP contribution in [-0.4, -0.2) is 10.5 Å². The SMILES string of the molecule is Cc1cc(=O)c(C(=O)[O-])cn1-c1ccc(C(C)C)cc1. The highest BCUT2D eigenvalue weighted by atomic mass is 16.4. The van der Waals surface area contributed by atoms with Crippen molar-refractivity contribution in [3.05, 3.63) is 63.6 Å². The molecule has 4 nitrogen and oxygen atoms in total. The average molecular weight is 270 g/mol. The molecule has 2 rings (SSSR count). The van der Waals surface area contributed by atoms with Crippen LogP contribution in [0.3, 0.4) is 0 Å². The number of benzene rings is 1. The van der Waals surface area contributed by atoms with E-state index in [1.807, 2.05) is 24.3 Å². The van der Waals surface area contributed by atoms with Gasteiger partial charge in [-0.15, -0.1) is 0 Å². The summed E-state index contributed by atoms with van der Waals surface area (Å²) in [7, 11) is 0. The molecule has 0 atom stereocenters. The molecule has 0 aliphatic heterocycles. The minimum atomic E-state index is -1.46. The Kier molecular flexibility index (Phi) is 3.74. The molecule has 0 saturated carbocycles. The molecule has 0 spiro atoms. The van der Waals surface area contributed by atoms with Gasteiger partial charge in [-0.05, 0) is 30.5 Å². The first-order valence-corrected chi connectivity index (χ1v) is 6.45. The molecule has 0 fully saturated rings. The summed E-state index contributed by atoms with van der Waals surface area (Å²) in [6.07, 6.45) is 1.32. The van der Waals surface area contributed by atoms with Crippen molar-refractivity contribution in [2.75, 3.05) is 0 Å². The number of nitrogens with zero attached hydrogens (tertiary/aromatic N) is 1. The summed E-state index contributed by atoms with van der Waals surface area (Å²) in [6, 6.07) is 9.12. The molecule has 0 unspecified atom stereocenters. The van der Waals surface area contributed by atoms with Crippen molar-refractivity contribution < 1.29 is 9.90 Å². The molecule has 4 heteroatoms. The van der Waals surface area contributed by atoms with Gasteiger partial charge in [0.25, 0.3) is 0 Å². The summed E-state index contributed by atoms with van der Waals surface area (Å²) in [5.74, 6) is -1.03. The van der Waals surface area contributed by atoms with Crippen molar-refractivity contribution in [2.24, 2.45) is 0 Å². The maximum absolute atomic E-state index is 11.6. The molecule has 0 N–H and O–H groups in total. The Morgan fingerprint density at radius 1 is 1.20 bits per heavy atom. The van der Waals surface area contributed by atoms with Crippen LogP contribution < -0.4 is 10.5 Å². The van der Waals surface area contributed by atoms with E-state index in [1.165, 1.54) is 17.8 Å².